The normalized spacial score (nSPS) is 13.5. The smallest absolute Gasteiger partial charge is 0.338 e. The van der Waals surface area contributed by atoms with Gasteiger partial charge in [-0.2, -0.15) is 0 Å². The Hall–Kier alpha value is -1.68. The first-order chi connectivity index (χ1) is 13.7. The minimum Gasteiger partial charge on any atom is -0.507 e. The second-order valence-electron chi connectivity index (χ2n) is 9.25. The summed E-state index contributed by atoms with van der Waals surface area (Å²) in [5.74, 6) is 0.0156. The van der Waals surface area contributed by atoms with Crippen LogP contribution in [0.3, 0.4) is 0 Å². The predicted molar refractivity (Wildman–Crippen MR) is 124 cm³/mol. The van der Waals surface area contributed by atoms with Crippen molar-refractivity contribution in [3.8, 4) is 5.75 Å². The van der Waals surface area contributed by atoms with E-state index >= 15 is 0 Å². The van der Waals surface area contributed by atoms with Crippen molar-refractivity contribution >= 4 is 19.5 Å². The van der Waals surface area contributed by atoms with Gasteiger partial charge in [0.25, 0.3) is 0 Å². The number of carbonyl (C=O) groups excluding carboxylic acids is 1. The number of benzene rings is 1. The van der Waals surface area contributed by atoms with Crippen LogP contribution in [0.25, 0.3) is 6.08 Å². The molecule has 0 fully saturated rings. The SMILES string of the molecule is CCOP(=O)(CC(=O)/C=C/C=C/c1cc(C(C)(C)C)c(O)c(C(C)(C)C)c1)OCC. The molecule has 6 heteroatoms. The molecule has 0 atom stereocenters. The molecular weight excluding hydrogens is 399 g/mol. The lowest BCUT2D eigenvalue weighted by Crippen LogP contribution is -2.17. The Morgan fingerprint density at radius 2 is 1.43 bits per heavy atom. The maximum absolute atomic E-state index is 12.4. The summed E-state index contributed by atoms with van der Waals surface area (Å²) >= 11 is 0. The molecule has 1 aromatic rings. The van der Waals surface area contributed by atoms with Crippen LogP contribution in [0.15, 0.2) is 30.4 Å². The largest absolute Gasteiger partial charge is 0.507 e. The van der Waals surface area contributed by atoms with Gasteiger partial charge < -0.3 is 14.2 Å². The van der Waals surface area contributed by atoms with Crippen LogP contribution in [-0.2, 0) is 29.2 Å². The molecule has 30 heavy (non-hydrogen) atoms. The molecule has 0 spiro atoms. The van der Waals surface area contributed by atoms with Crippen LogP contribution in [0.5, 0.6) is 5.75 Å². The summed E-state index contributed by atoms with van der Waals surface area (Å²) in [7, 11) is -3.39. The van der Waals surface area contributed by atoms with Crippen LogP contribution in [0, 0.1) is 0 Å². The molecule has 0 saturated heterocycles. The first-order valence-corrected chi connectivity index (χ1v) is 12.1. The van der Waals surface area contributed by atoms with E-state index in [4.69, 9.17) is 9.05 Å². The number of hydrogen-bond acceptors (Lipinski definition) is 5. The van der Waals surface area contributed by atoms with Crippen molar-refractivity contribution in [2.75, 3.05) is 19.4 Å². The van der Waals surface area contributed by atoms with Crippen molar-refractivity contribution < 1.29 is 23.5 Å². The van der Waals surface area contributed by atoms with E-state index in [-0.39, 0.29) is 36.0 Å². The molecule has 0 aliphatic heterocycles. The maximum Gasteiger partial charge on any atom is 0.338 e. The van der Waals surface area contributed by atoms with E-state index in [1.165, 1.54) is 6.08 Å². The number of allylic oxidation sites excluding steroid dienone is 3. The number of carbonyl (C=O) groups is 1. The number of ketones is 1. The van der Waals surface area contributed by atoms with Gasteiger partial charge in [-0.05, 0) is 48.4 Å². The zero-order chi connectivity index (χ0) is 23.2. The van der Waals surface area contributed by atoms with Crippen molar-refractivity contribution in [1.82, 2.24) is 0 Å². The van der Waals surface area contributed by atoms with E-state index < -0.39 is 7.60 Å². The Balaban J connectivity index is 3.07. The van der Waals surface area contributed by atoms with Gasteiger partial charge in [0, 0.05) is 11.1 Å². The highest BCUT2D eigenvalue weighted by atomic mass is 31.2. The molecule has 5 nitrogen and oxygen atoms in total. The van der Waals surface area contributed by atoms with Crippen LogP contribution in [0.1, 0.15) is 72.1 Å². The zero-order valence-corrected chi connectivity index (χ0v) is 20.5. The fourth-order valence-electron chi connectivity index (χ4n) is 2.99. The van der Waals surface area contributed by atoms with Crippen molar-refractivity contribution in [2.45, 2.75) is 66.2 Å². The highest BCUT2D eigenvalue weighted by Crippen LogP contribution is 2.47. The Kier molecular flexibility index (Phi) is 9.28. The van der Waals surface area contributed by atoms with Gasteiger partial charge in [0.2, 0.25) is 0 Å². The zero-order valence-electron chi connectivity index (χ0n) is 19.6. The fourth-order valence-corrected chi connectivity index (χ4v) is 4.52. The fraction of sp³-hybridized carbons (Fsp3) is 0.542. The molecule has 1 N–H and O–H groups in total. The van der Waals surface area contributed by atoms with Gasteiger partial charge in [-0.3, -0.25) is 9.36 Å². The molecule has 0 aliphatic rings. The second-order valence-corrected chi connectivity index (χ2v) is 11.3. The Morgan fingerprint density at radius 3 is 1.83 bits per heavy atom. The average molecular weight is 437 g/mol. The standard InChI is InChI=1S/C24H37O5P/c1-9-28-30(27,29-10-2)17-19(25)14-12-11-13-18-15-20(23(3,4)5)22(26)21(16-18)24(6,7)8/h11-16,26H,9-10,17H2,1-8H3/b13-11+,14-12+. The summed E-state index contributed by atoms with van der Waals surface area (Å²) in [4.78, 5) is 12.1. The van der Waals surface area contributed by atoms with Crippen molar-refractivity contribution in [1.29, 1.82) is 0 Å². The molecule has 0 heterocycles. The van der Waals surface area contributed by atoms with E-state index in [1.807, 2.05) is 18.2 Å². The van der Waals surface area contributed by atoms with Gasteiger partial charge in [-0.25, -0.2) is 0 Å². The van der Waals surface area contributed by atoms with Crippen LogP contribution in [0.2, 0.25) is 0 Å². The molecule has 0 aliphatic carbocycles. The quantitative estimate of drug-likeness (QED) is 0.276. The van der Waals surface area contributed by atoms with Crippen LogP contribution >= 0.6 is 7.60 Å². The number of aromatic hydroxyl groups is 1. The van der Waals surface area contributed by atoms with Crippen molar-refractivity contribution in [3.05, 3.63) is 47.1 Å². The molecule has 1 rings (SSSR count). The topological polar surface area (TPSA) is 72.8 Å². The molecule has 0 saturated carbocycles. The number of hydrogen-bond donors (Lipinski definition) is 1. The van der Waals surface area contributed by atoms with Crippen molar-refractivity contribution in [2.24, 2.45) is 0 Å². The molecular formula is C24H37O5P. The predicted octanol–water partition coefficient (Wildman–Crippen LogP) is 6.39. The third-order valence-electron chi connectivity index (χ3n) is 4.43. The maximum atomic E-state index is 12.4. The van der Waals surface area contributed by atoms with Gasteiger partial charge in [-0.15, -0.1) is 0 Å². The third-order valence-corrected chi connectivity index (χ3v) is 6.43. The Morgan fingerprint density at radius 1 is 0.967 bits per heavy atom. The van der Waals surface area contributed by atoms with Gasteiger partial charge in [0.05, 0.1) is 13.2 Å². The first-order valence-electron chi connectivity index (χ1n) is 10.4. The van der Waals surface area contributed by atoms with E-state index in [9.17, 15) is 14.5 Å². The second kappa shape index (κ2) is 10.6. The van der Waals surface area contributed by atoms with Gasteiger partial charge >= 0.3 is 7.60 Å². The highest BCUT2D eigenvalue weighted by Gasteiger charge is 2.27. The van der Waals surface area contributed by atoms with Crippen LogP contribution in [0.4, 0.5) is 0 Å². The first kappa shape index (κ1) is 26.4. The van der Waals surface area contributed by atoms with Crippen molar-refractivity contribution in [3.63, 3.8) is 0 Å². The number of phenolic OH excluding ortho intramolecular Hbond substituents is 1. The molecule has 0 amide bonds. The molecule has 0 bridgehead atoms. The molecule has 0 unspecified atom stereocenters. The lowest BCUT2D eigenvalue weighted by molar-refractivity contribution is -0.112. The van der Waals surface area contributed by atoms with Crippen LogP contribution < -0.4 is 0 Å². The van der Waals surface area contributed by atoms with Gasteiger partial charge in [-0.1, -0.05) is 59.8 Å². The highest BCUT2D eigenvalue weighted by molar-refractivity contribution is 7.54. The Labute approximate surface area is 181 Å². The molecule has 168 valence electrons. The summed E-state index contributed by atoms with van der Waals surface area (Å²) in [6, 6.07) is 3.93. The lowest BCUT2D eigenvalue weighted by atomic mass is 9.78. The van der Waals surface area contributed by atoms with Gasteiger partial charge in [0.15, 0.2) is 5.78 Å². The van der Waals surface area contributed by atoms with Crippen LogP contribution in [-0.4, -0.2) is 30.3 Å². The third kappa shape index (κ3) is 7.86. The van der Waals surface area contributed by atoms with Gasteiger partial charge in [0.1, 0.15) is 11.9 Å². The van der Waals surface area contributed by atoms with E-state index in [1.54, 1.807) is 26.0 Å². The summed E-state index contributed by atoms with van der Waals surface area (Å²) in [5.41, 5.74) is 2.28. The minimum atomic E-state index is -3.39. The average Bonchev–Trinajstić information content (AvgIpc) is 2.57. The molecule has 0 radical (unpaired) electrons. The Bertz CT molecular complexity index is 793. The van der Waals surface area contributed by atoms with E-state index in [0.717, 1.165) is 16.7 Å². The number of rotatable bonds is 9. The minimum absolute atomic E-state index is 0.209. The van der Waals surface area contributed by atoms with E-state index in [0.29, 0.717) is 5.75 Å². The molecule has 1 aromatic carbocycles. The summed E-state index contributed by atoms with van der Waals surface area (Å²) in [5, 5.41) is 10.8. The molecule has 0 aromatic heterocycles. The summed E-state index contributed by atoms with van der Waals surface area (Å²) < 4.78 is 22.7. The number of phenols is 1. The lowest BCUT2D eigenvalue weighted by Gasteiger charge is -2.27. The summed E-state index contributed by atoms with van der Waals surface area (Å²) in [6.45, 7) is 16.3. The summed E-state index contributed by atoms with van der Waals surface area (Å²) in [6.07, 6.45) is 6.36. The van der Waals surface area contributed by atoms with E-state index in [2.05, 4.69) is 41.5 Å². The monoisotopic (exact) mass is 436 g/mol.